The molecule has 1 aromatic carbocycles. The van der Waals surface area contributed by atoms with Gasteiger partial charge in [0, 0.05) is 12.2 Å². The quantitative estimate of drug-likeness (QED) is 0.799. The standard InChI is InChI=1S/C15H17NO4S/c1-11-13(14(17)18)21-15(19)16(11)9-5-6-10-20-12-7-3-2-4-8-12/h2-4,7-8H,5-6,9-10H2,1H3,(H,17,18). The van der Waals surface area contributed by atoms with Gasteiger partial charge in [0.15, 0.2) is 0 Å². The van der Waals surface area contributed by atoms with Gasteiger partial charge in [0.25, 0.3) is 0 Å². The number of aromatic nitrogens is 1. The predicted octanol–water partition coefficient (Wildman–Crippen LogP) is 2.78. The van der Waals surface area contributed by atoms with E-state index >= 15 is 0 Å². The largest absolute Gasteiger partial charge is 0.494 e. The zero-order valence-corrected chi connectivity index (χ0v) is 12.6. The monoisotopic (exact) mass is 307 g/mol. The van der Waals surface area contributed by atoms with Crippen molar-refractivity contribution < 1.29 is 14.6 Å². The zero-order chi connectivity index (χ0) is 15.2. The van der Waals surface area contributed by atoms with E-state index in [0.29, 0.717) is 18.8 Å². The third-order valence-electron chi connectivity index (χ3n) is 3.13. The Kier molecular flexibility index (Phi) is 5.16. The van der Waals surface area contributed by atoms with Crippen LogP contribution in [0.5, 0.6) is 5.75 Å². The molecule has 0 fully saturated rings. The van der Waals surface area contributed by atoms with Crippen LogP contribution >= 0.6 is 11.3 Å². The normalized spacial score (nSPS) is 10.5. The molecule has 0 aliphatic rings. The fourth-order valence-electron chi connectivity index (χ4n) is 2.01. The first kappa shape index (κ1) is 15.3. The van der Waals surface area contributed by atoms with Gasteiger partial charge < -0.3 is 14.4 Å². The third-order valence-corrected chi connectivity index (χ3v) is 4.19. The number of unbranched alkanes of at least 4 members (excludes halogenated alkanes) is 1. The smallest absolute Gasteiger partial charge is 0.347 e. The lowest BCUT2D eigenvalue weighted by atomic mass is 10.3. The molecule has 0 radical (unpaired) electrons. The summed E-state index contributed by atoms with van der Waals surface area (Å²) in [5.74, 6) is -0.213. The van der Waals surface area contributed by atoms with Crippen LogP contribution in [0.3, 0.4) is 0 Å². The van der Waals surface area contributed by atoms with E-state index in [-0.39, 0.29) is 9.75 Å². The summed E-state index contributed by atoms with van der Waals surface area (Å²) in [6, 6.07) is 9.55. The lowest BCUT2D eigenvalue weighted by molar-refractivity contribution is 0.0700. The minimum absolute atomic E-state index is 0.125. The first-order valence-corrected chi connectivity index (χ1v) is 7.52. The molecule has 6 heteroatoms. The molecule has 0 unspecified atom stereocenters. The fourth-order valence-corrected chi connectivity index (χ4v) is 2.87. The van der Waals surface area contributed by atoms with E-state index in [1.807, 2.05) is 30.3 Å². The molecule has 0 spiro atoms. The lowest BCUT2D eigenvalue weighted by Gasteiger charge is -2.07. The van der Waals surface area contributed by atoms with E-state index in [0.717, 1.165) is 29.9 Å². The molecule has 5 nitrogen and oxygen atoms in total. The molecule has 0 saturated heterocycles. The minimum atomic E-state index is -1.04. The van der Waals surface area contributed by atoms with Crippen LogP contribution in [-0.2, 0) is 6.54 Å². The van der Waals surface area contributed by atoms with Gasteiger partial charge in [-0.25, -0.2) is 4.79 Å². The van der Waals surface area contributed by atoms with Crippen molar-refractivity contribution in [2.75, 3.05) is 6.61 Å². The Labute approximate surface area is 126 Å². The first-order valence-electron chi connectivity index (χ1n) is 6.71. The molecule has 1 N–H and O–H groups in total. The van der Waals surface area contributed by atoms with Gasteiger partial charge in [0.1, 0.15) is 10.6 Å². The van der Waals surface area contributed by atoms with Crippen molar-refractivity contribution in [1.29, 1.82) is 0 Å². The minimum Gasteiger partial charge on any atom is -0.494 e. The maximum absolute atomic E-state index is 11.7. The topological polar surface area (TPSA) is 68.5 Å². The molecule has 0 saturated carbocycles. The van der Waals surface area contributed by atoms with E-state index in [9.17, 15) is 9.59 Å². The molecule has 0 aliphatic carbocycles. The van der Waals surface area contributed by atoms with E-state index < -0.39 is 5.97 Å². The summed E-state index contributed by atoms with van der Waals surface area (Å²) in [6.07, 6.45) is 1.57. The molecule has 21 heavy (non-hydrogen) atoms. The molecule has 0 bridgehead atoms. The van der Waals surface area contributed by atoms with Crippen LogP contribution < -0.4 is 9.61 Å². The van der Waals surface area contributed by atoms with Crippen molar-refractivity contribution in [1.82, 2.24) is 4.57 Å². The zero-order valence-electron chi connectivity index (χ0n) is 11.7. The number of ether oxygens (including phenoxy) is 1. The molecule has 0 aliphatic heterocycles. The Morgan fingerprint density at radius 2 is 2.00 bits per heavy atom. The summed E-state index contributed by atoms with van der Waals surface area (Å²) in [5, 5.41) is 8.98. The van der Waals surface area contributed by atoms with Gasteiger partial charge >= 0.3 is 10.8 Å². The second kappa shape index (κ2) is 7.08. The number of rotatable bonds is 7. The van der Waals surface area contributed by atoms with E-state index in [1.165, 1.54) is 4.57 Å². The Morgan fingerprint density at radius 1 is 1.29 bits per heavy atom. The highest BCUT2D eigenvalue weighted by Gasteiger charge is 2.16. The van der Waals surface area contributed by atoms with Gasteiger partial charge in [-0.2, -0.15) is 0 Å². The molecule has 112 valence electrons. The molecule has 2 rings (SSSR count). The SMILES string of the molecule is Cc1c(C(=O)O)sc(=O)n1CCCCOc1ccccc1. The van der Waals surface area contributed by atoms with E-state index in [2.05, 4.69) is 0 Å². The summed E-state index contributed by atoms with van der Waals surface area (Å²) in [6.45, 7) is 2.77. The van der Waals surface area contributed by atoms with Crippen molar-refractivity contribution in [2.45, 2.75) is 26.3 Å². The lowest BCUT2D eigenvalue weighted by Crippen LogP contribution is -2.15. The van der Waals surface area contributed by atoms with Crippen molar-refractivity contribution in [3.05, 3.63) is 50.6 Å². The van der Waals surface area contributed by atoms with Crippen LogP contribution in [0.25, 0.3) is 0 Å². The summed E-state index contributed by atoms with van der Waals surface area (Å²) in [5.41, 5.74) is 0.529. The Hall–Kier alpha value is -2.08. The van der Waals surface area contributed by atoms with Gasteiger partial charge in [0.05, 0.1) is 6.61 Å². The van der Waals surface area contributed by atoms with Gasteiger partial charge in [-0.15, -0.1) is 0 Å². The Balaban J connectivity index is 1.82. The van der Waals surface area contributed by atoms with Crippen molar-refractivity contribution in [2.24, 2.45) is 0 Å². The van der Waals surface area contributed by atoms with Crippen LogP contribution in [0.15, 0.2) is 35.1 Å². The molecule has 1 heterocycles. The number of carbonyl (C=O) groups is 1. The molecule has 0 amide bonds. The summed E-state index contributed by atoms with van der Waals surface area (Å²) >= 11 is 0.786. The summed E-state index contributed by atoms with van der Waals surface area (Å²) in [4.78, 5) is 22.6. The first-order chi connectivity index (χ1) is 10.1. The van der Waals surface area contributed by atoms with Crippen LogP contribution in [0.1, 0.15) is 28.2 Å². The van der Waals surface area contributed by atoms with Gasteiger partial charge in [-0.3, -0.25) is 4.79 Å². The Morgan fingerprint density at radius 3 is 2.62 bits per heavy atom. The number of aromatic carboxylic acids is 1. The summed E-state index contributed by atoms with van der Waals surface area (Å²) < 4.78 is 7.09. The number of carboxylic acid groups (broad SMARTS) is 1. The van der Waals surface area contributed by atoms with Gasteiger partial charge in [-0.05, 0) is 31.9 Å². The molecule has 2 aromatic rings. The summed E-state index contributed by atoms with van der Waals surface area (Å²) in [7, 11) is 0. The molecular formula is C15H17NO4S. The molecule has 0 atom stereocenters. The number of thiazole rings is 1. The number of hydrogen-bond donors (Lipinski definition) is 1. The van der Waals surface area contributed by atoms with Crippen LogP contribution in [-0.4, -0.2) is 22.2 Å². The van der Waals surface area contributed by atoms with Crippen LogP contribution in [0.4, 0.5) is 0 Å². The number of hydrogen-bond acceptors (Lipinski definition) is 4. The average molecular weight is 307 g/mol. The Bertz CT molecular complexity index is 660. The highest BCUT2D eigenvalue weighted by Crippen LogP contribution is 2.13. The van der Waals surface area contributed by atoms with Crippen LogP contribution in [0.2, 0.25) is 0 Å². The number of benzene rings is 1. The molecular weight excluding hydrogens is 290 g/mol. The maximum Gasteiger partial charge on any atom is 0.347 e. The predicted molar refractivity (Wildman–Crippen MR) is 81.4 cm³/mol. The van der Waals surface area contributed by atoms with Gasteiger partial charge in [-0.1, -0.05) is 29.5 Å². The van der Waals surface area contributed by atoms with Crippen LogP contribution in [0, 0.1) is 6.92 Å². The number of para-hydroxylation sites is 1. The molecule has 1 aromatic heterocycles. The third kappa shape index (κ3) is 3.95. The van der Waals surface area contributed by atoms with E-state index in [4.69, 9.17) is 9.84 Å². The van der Waals surface area contributed by atoms with E-state index in [1.54, 1.807) is 6.92 Å². The highest BCUT2D eigenvalue weighted by molar-refractivity contribution is 7.11. The number of nitrogens with zero attached hydrogens (tertiary/aromatic N) is 1. The van der Waals surface area contributed by atoms with Crippen molar-refractivity contribution in [3.8, 4) is 5.75 Å². The number of carboxylic acids is 1. The fraction of sp³-hybridized carbons (Fsp3) is 0.333. The van der Waals surface area contributed by atoms with Crippen molar-refractivity contribution >= 4 is 17.3 Å². The van der Waals surface area contributed by atoms with Crippen molar-refractivity contribution in [3.63, 3.8) is 0 Å². The second-order valence-corrected chi connectivity index (χ2v) is 5.57. The second-order valence-electron chi connectivity index (χ2n) is 4.61. The highest BCUT2D eigenvalue weighted by atomic mass is 32.1. The maximum atomic E-state index is 11.7. The van der Waals surface area contributed by atoms with Gasteiger partial charge in [0.2, 0.25) is 0 Å². The average Bonchev–Trinajstić information content (AvgIpc) is 2.76.